The molecule has 4 heteroatoms. The van der Waals surface area contributed by atoms with Crippen LogP contribution in [-0.4, -0.2) is 23.1 Å². The van der Waals surface area contributed by atoms with E-state index in [1.54, 1.807) is 6.20 Å². The van der Waals surface area contributed by atoms with Crippen LogP contribution in [0.5, 0.6) is 0 Å². The molecule has 0 aliphatic carbocycles. The molecule has 0 atom stereocenters. The van der Waals surface area contributed by atoms with E-state index in [0.717, 1.165) is 24.6 Å². The SMILES string of the molecule is CC(C)CCN(CCC(C)C)c1cncc(CN)n1. The summed E-state index contributed by atoms with van der Waals surface area (Å²) in [5, 5.41) is 0. The summed E-state index contributed by atoms with van der Waals surface area (Å²) in [7, 11) is 0. The van der Waals surface area contributed by atoms with Crippen molar-refractivity contribution in [3.8, 4) is 0 Å². The van der Waals surface area contributed by atoms with Gasteiger partial charge in [-0.1, -0.05) is 27.7 Å². The van der Waals surface area contributed by atoms with Gasteiger partial charge < -0.3 is 10.6 Å². The lowest BCUT2D eigenvalue weighted by Gasteiger charge is -2.25. The first kappa shape index (κ1) is 15.9. The van der Waals surface area contributed by atoms with Gasteiger partial charge in [0.1, 0.15) is 5.82 Å². The maximum Gasteiger partial charge on any atom is 0.147 e. The Hall–Kier alpha value is -1.16. The van der Waals surface area contributed by atoms with Crippen molar-refractivity contribution >= 4 is 5.82 Å². The van der Waals surface area contributed by atoms with E-state index in [2.05, 4.69) is 42.6 Å². The van der Waals surface area contributed by atoms with Gasteiger partial charge in [-0.2, -0.15) is 0 Å². The Balaban J connectivity index is 2.74. The van der Waals surface area contributed by atoms with Crippen LogP contribution in [0.4, 0.5) is 5.82 Å². The van der Waals surface area contributed by atoms with Gasteiger partial charge in [-0.3, -0.25) is 4.98 Å². The van der Waals surface area contributed by atoms with E-state index in [9.17, 15) is 0 Å². The summed E-state index contributed by atoms with van der Waals surface area (Å²) in [6.07, 6.45) is 5.94. The third-order valence-corrected chi connectivity index (χ3v) is 3.16. The van der Waals surface area contributed by atoms with Crippen LogP contribution in [0.1, 0.15) is 46.2 Å². The first-order valence-corrected chi connectivity index (χ1v) is 7.28. The number of aromatic nitrogens is 2. The van der Waals surface area contributed by atoms with Crippen LogP contribution in [0, 0.1) is 11.8 Å². The highest BCUT2D eigenvalue weighted by Gasteiger charge is 2.10. The lowest BCUT2D eigenvalue weighted by Crippen LogP contribution is -2.28. The highest BCUT2D eigenvalue weighted by Crippen LogP contribution is 2.14. The Morgan fingerprint density at radius 3 is 2.11 bits per heavy atom. The van der Waals surface area contributed by atoms with E-state index in [1.165, 1.54) is 12.8 Å². The fourth-order valence-corrected chi connectivity index (χ4v) is 1.81. The molecule has 0 aliphatic rings. The smallest absolute Gasteiger partial charge is 0.147 e. The topological polar surface area (TPSA) is 55.0 Å². The number of hydrogen-bond donors (Lipinski definition) is 1. The van der Waals surface area contributed by atoms with E-state index in [-0.39, 0.29) is 0 Å². The molecule has 0 fully saturated rings. The minimum absolute atomic E-state index is 0.447. The van der Waals surface area contributed by atoms with Crippen LogP contribution in [0.2, 0.25) is 0 Å². The maximum absolute atomic E-state index is 5.64. The number of anilines is 1. The van der Waals surface area contributed by atoms with Crippen molar-refractivity contribution in [1.29, 1.82) is 0 Å². The van der Waals surface area contributed by atoms with Crippen molar-refractivity contribution < 1.29 is 0 Å². The molecule has 19 heavy (non-hydrogen) atoms. The second-order valence-corrected chi connectivity index (χ2v) is 5.92. The molecule has 1 rings (SSSR count). The van der Waals surface area contributed by atoms with Crippen molar-refractivity contribution in [2.24, 2.45) is 17.6 Å². The Morgan fingerprint density at radius 2 is 1.63 bits per heavy atom. The first-order chi connectivity index (χ1) is 9.02. The van der Waals surface area contributed by atoms with Gasteiger partial charge in [0.15, 0.2) is 0 Å². The molecule has 0 aliphatic heterocycles. The van der Waals surface area contributed by atoms with Gasteiger partial charge in [-0.25, -0.2) is 4.98 Å². The second kappa shape index (κ2) is 8.10. The molecule has 0 unspecified atom stereocenters. The van der Waals surface area contributed by atoms with Crippen molar-refractivity contribution in [2.45, 2.75) is 47.1 Å². The van der Waals surface area contributed by atoms with E-state index >= 15 is 0 Å². The first-order valence-electron chi connectivity index (χ1n) is 7.28. The highest BCUT2D eigenvalue weighted by atomic mass is 15.2. The van der Waals surface area contributed by atoms with Gasteiger partial charge >= 0.3 is 0 Å². The van der Waals surface area contributed by atoms with Gasteiger partial charge in [0.25, 0.3) is 0 Å². The Kier molecular flexibility index (Phi) is 6.78. The molecule has 1 aromatic rings. The fraction of sp³-hybridized carbons (Fsp3) is 0.733. The Bertz CT molecular complexity index is 351. The molecule has 0 bridgehead atoms. The summed E-state index contributed by atoms with van der Waals surface area (Å²) in [4.78, 5) is 11.2. The minimum Gasteiger partial charge on any atom is -0.355 e. The van der Waals surface area contributed by atoms with Crippen molar-refractivity contribution in [2.75, 3.05) is 18.0 Å². The zero-order valence-corrected chi connectivity index (χ0v) is 12.8. The summed E-state index contributed by atoms with van der Waals surface area (Å²) >= 11 is 0. The van der Waals surface area contributed by atoms with Crippen LogP contribution < -0.4 is 10.6 Å². The van der Waals surface area contributed by atoms with Crippen molar-refractivity contribution in [3.63, 3.8) is 0 Å². The second-order valence-electron chi connectivity index (χ2n) is 5.92. The minimum atomic E-state index is 0.447. The monoisotopic (exact) mass is 264 g/mol. The molecule has 0 spiro atoms. The number of hydrogen-bond acceptors (Lipinski definition) is 4. The molecule has 0 saturated carbocycles. The predicted octanol–water partition coefficient (Wildman–Crippen LogP) is 2.83. The average molecular weight is 264 g/mol. The Morgan fingerprint density at radius 1 is 1.05 bits per heavy atom. The van der Waals surface area contributed by atoms with Crippen LogP contribution in [0.3, 0.4) is 0 Å². The Labute approximate surface area is 117 Å². The van der Waals surface area contributed by atoms with Crippen molar-refractivity contribution in [3.05, 3.63) is 18.1 Å². The van der Waals surface area contributed by atoms with E-state index in [1.807, 2.05) is 6.20 Å². The fourth-order valence-electron chi connectivity index (χ4n) is 1.81. The maximum atomic E-state index is 5.64. The third-order valence-electron chi connectivity index (χ3n) is 3.16. The lowest BCUT2D eigenvalue weighted by atomic mass is 10.1. The molecular weight excluding hydrogens is 236 g/mol. The predicted molar refractivity (Wildman–Crippen MR) is 81.0 cm³/mol. The third kappa shape index (κ3) is 6.01. The number of nitrogens with zero attached hydrogens (tertiary/aromatic N) is 3. The molecule has 1 aromatic heterocycles. The quantitative estimate of drug-likeness (QED) is 0.784. The molecule has 0 saturated heterocycles. The average Bonchev–Trinajstić information content (AvgIpc) is 2.38. The molecule has 4 nitrogen and oxygen atoms in total. The number of nitrogens with two attached hydrogens (primary N) is 1. The van der Waals surface area contributed by atoms with Gasteiger partial charge in [0.05, 0.1) is 11.9 Å². The summed E-state index contributed by atoms with van der Waals surface area (Å²) < 4.78 is 0. The highest BCUT2D eigenvalue weighted by molar-refractivity contribution is 5.36. The zero-order valence-electron chi connectivity index (χ0n) is 12.8. The zero-order chi connectivity index (χ0) is 14.3. The van der Waals surface area contributed by atoms with Crippen LogP contribution in [-0.2, 0) is 6.54 Å². The summed E-state index contributed by atoms with van der Waals surface area (Å²) in [6.45, 7) is 11.5. The van der Waals surface area contributed by atoms with Gasteiger partial charge in [-0.05, 0) is 24.7 Å². The van der Waals surface area contributed by atoms with E-state index in [0.29, 0.717) is 18.4 Å². The van der Waals surface area contributed by atoms with Crippen LogP contribution >= 0.6 is 0 Å². The van der Waals surface area contributed by atoms with Crippen molar-refractivity contribution in [1.82, 2.24) is 9.97 Å². The molecule has 1 heterocycles. The molecule has 2 N–H and O–H groups in total. The molecule has 0 aromatic carbocycles. The van der Waals surface area contributed by atoms with Gasteiger partial charge in [0, 0.05) is 25.8 Å². The molecule has 0 amide bonds. The molecular formula is C15H28N4. The van der Waals surface area contributed by atoms with E-state index < -0.39 is 0 Å². The summed E-state index contributed by atoms with van der Waals surface area (Å²) in [5.41, 5.74) is 6.50. The van der Waals surface area contributed by atoms with Crippen LogP contribution in [0.25, 0.3) is 0 Å². The normalized spacial score (nSPS) is 11.3. The van der Waals surface area contributed by atoms with Gasteiger partial charge in [-0.15, -0.1) is 0 Å². The lowest BCUT2D eigenvalue weighted by molar-refractivity contribution is 0.532. The number of rotatable bonds is 8. The summed E-state index contributed by atoms with van der Waals surface area (Å²) in [5.74, 6) is 2.36. The standard InChI is InChI=1S/C15H28N4/c1-12(2)5-7-19(8-6-13(3)4)15-11-17-10-14(9-16)18-15/h10-13H,5-9,16H2,1-4H3. The van der Waals surface area contributed by atoms with Crippen LogP contribution in [0.15, 0.2) is 12.4 Å². The summed E-state index contributed by atoms with van der Waals surface area (Å²) in [6, 6.07) is 0. The largest absolute Gasteiger partial charge is 0.355 e. The molecule has 0 radical (unpaired) electrons. The van der Waals surface area contributed by atoms with E-state index in [4.69, 9.17) is 5.73 Å². The molecule has 108 valence electrons. The van der Waals surface area contributed by atoms with Gasteiger partial charge in [0.2, 0.25) is 0 Å².